The minimum atomic E-state index is -1.75. The van der Waals surface area contributed by atoms with E-state index in [1.54, 1.807) is 0 Å². The molecule has 0 spiro atoms. The van der Waals surface area contributed by atoms with Crippen molar-refractivity contribution in [1.82, 2.24) is 4.90 Å². The Morgan fingerprint density at radius 2 is 2.19 bits per heavy atom. The summed E-state index contributed by atoms with van der Waals surface area (Å²) in [5, 5.41) is 14.5. The molecule has 16 heavy (non-hydrogen) atoms. The van der Waals surface area contributed by atoms with Crippen molar-refractivity contribution >= 4 is 34.0 Å². The summed E-state index contributed by atoms with van der Waals surface area (Å²) in [4.78, 5) is 31.8. The number of rotatable bonds is 2. The van der Waals surface area contributed by atoms with E-state index in [0.29, 0.717) is 18.8 Å². The Labute approximate surface area is 99.6 Å². The van der Waals surface area contributed by atoms with Crippen molar-refractivity contribution in [3.8, 4) is 0 Å². The van der Waals surface area contributed by atoms with E-state index in [2.05, 4.69) is 5.73 Å². The quantitative estimate of drug-likeness (QED) is 0.551. The van der Waals surface area contributed by atoms with Gasteiger partial charge in [0.15, 0.2) is 0 Å². The Hall–Kier alpha value is -1.00. The number of amides is 2. The van der Waals surface area contributed by atoms with Crippen LogP contribution in [-0.2, 0) is 0 Å². The van der Waals surface area contributed by atoms with E-state index in [4.69, 9.17) is 15.3 Å². The van der Waals surface area contributed by atoms with Gasteiger partial charge in [0.25, 0.3) is 10.5 Å². The molecule has 1 fully saturated rings. The number of hydrogen-bond donors (Lipinski definition) is 1. The summed E-state index contributed by atoms with van der Waals surface area (Å²) < 4.78 is 0. The number of quaternary nitrogens is 1. The fraction of sp³-hybridized carbons (Fsp3) is 0.667. The molecule has 0 aromatic carbocycles. The van der Waals surface area contributed by atoms with Crippen molar-refractivity contribution in [3.05, 3.63) is 15.3 Å². The van der Waals surface area contributed by atoms with E-state index < -0.39 is 5.09 Å². The first-order valence-electron chi connectivity index (χ1n) is 4.21. The van der Waals surface area contributed by atoms with Gasteiger partial charge in [0.2, 0.25) is 0 Å². The molecule has 0 aromatic heterocycles. The normalized spacial score (nSPS) is 14.3. The summed E-state index contributed by atoms with van der Waals surface area (Å²) in [5.74, 6) is 1.42. The first-order chi connectivity index (χ1) is 7.49. The Morgan fingerprint density at radius 1 is 1.62 bits per heavy atom. The summed E-state index contributed by atoms with van der Waals surface area (Å²) in [6, 6.07) is 0. The Kier molecular flexibility index (Phi) is 7.68. The molecular weight excluding hydrogens is 258 g/mol. The third-order valence-corrected chi connectivity index (χ3v) is 3.17. The molecule has 0 unspecified atom stereocenters. The van der Waals surface area contributed by atoms with Crippen LogP contribution in [0.3, 0.4) is 0 Å². The number of hydrogen-bond acceptors (Lipinski definition) is 7. The van der Waals surface area contributed by atoms with E-state index in [-0.39, 0.29) is 10.5 Å². The summed E-state index contributed by atoms with van der Waals surface area (Å²) in [6.07, 6.45) is 0. The van der Waals surface area contributed by atoms with Gasteiger partial charge < -0.3 is 21.1 Å². The highest BCUT2D eigenvalue weighted by Crippen LogP contribution is 2.21. The molecule has 0 aromatic rings. The molecule has 0 bridgehead atoms. The predicted molar refractivity (Wildman–Crippen MR) is 60.5 cm³/mol. The summed E-state index contributed by atoms with van der Waals surface area (Å²) in [6.45, 7) is 1.28. The van der Waals surface area contributed by atoms with E-state index in [9.17, 15) is 9.59 Å². The maximum Gasteiger partial charge on any atom is 0.289 e. The lowest BCUT2D eigenvalue weighted by molar-refractivity contribution is -0.402. The monoisotopic (exact) mass is 269 g/mol. The van der Waals surface area contributed by atoms with Gasteiger partial charge in [0, 0.05) is 12.3 Å². The highest BCUT2D eigenvalue weighted by molar-refractivity contribution is 8.15. The lowest BCUT2D eigenvalue weighted by Crippen LogP contribution is -2.51. The standard InChI is InChI=1S/C6H10N2O2S2.NO3/c7-1-3-11-5(9)8-2-4-12-6(8)10;2-1(3)4/h1-4,7H2;/q;-1/p+1. The largest absolute Gasteiger partial charge is 0.357 e. The van der Waals surface area contributed by atoms with Gasteiger partial charge in [-0.3, -0.25) is 14.5 Å². The fourth-order valence-electron chi connectivity index (χ4n) is 0.797. The maximum atomic E-state index is 11.2. The molecule has 1 aliphatic heterocycles. The molecule has 1 heterocycles. The minimum absolute atomic E-state index is 0.114. The van der Waals surface area contributed by atoms with Gasteiger partial charge in [-0.2, -0.15) is 0 Å². The molecule has 10 heteroatoms. The van der Waals surface area contributed by atoms with Crippen LogP contribution in [0.4, 0.5) is 9.59 Å². The summed E-state index contributed by atoms with van der Waals surface area (Å²) in [5.41, 5.74) is 3.62. The van der Waals surface area contributed by atoms with Crippen molar-refractivity contribution in [2.75, 3.05) is 24.6 Å². The number of carbonyl (C=O) groups excluding carboxylic acids is 2. The zero-order valence-electron chi connectivity index (χ0n) is 8.29. The van der Waals surface area contributed by atoms with Gasteiger partial charge in [-0.05, 0) is 0 Å². The molecule has 0 radical (unpaired) electrons. The van der Waals surface area contributed by atoms with Crippen LogP contribution in [0.5, 0.6) is 0 Å². The number of imide groups is 1. The van der Waals surface area contributed by atoms with Crippen molar-refractivity contribution in [3.63, 3.8) is 0 Å². The van der Waals surface area contributed by atoms with Gasteiger partial charge in [0.05, 0.1) is 17.4 Å². The molecule has 8 nitrogen and oxygen atoms in total. The molecule has 92 valence electrons. The van der Waals surface area contributed by atoms with Crippen LogP contribution in [0.1, 0.15) is 0 Å². The second kappa shape index (κ2) is 8.19. The molecule has 1 rings (SSSR count). The second-order valence-corrected chi connectivity index (χ2v) is 4.55. The van der Waals surface area contributed by atoms with Crippen LogP contribution in [0.15, 0.2) is 0 Å². The summed E-state index contributed by atoms with van der Waals surface area (Å²) in [7, 11) is 0. The summed E-state index contributed by atoms with van der Waals surface area (Å²) >= 11 is 2.37. The number of nitrogens with zero attached hydrogens (tertiary/aromatic N) is 2. The van der Waals surface area contributed by atoms with E-state index in [1.807, 2.05) is 0 Å². The van der Waals surface area contributed by atoms with Gasteiger partial charge in [-0.1, -0.05) is 23.5 Å². The molecule has 1 saturated heterocycles. The first-order valence-corrected chi connectivity index (χ1v) is 6.18. The molecule has 0 saturated carbocycles. The van der Waals surface area contributed by atoms with Crippen LogP contribution in [0.25, 0.3) is 0 Å². The lowest BCUT2D eigenvalue weighted by Gasteiger charge is -2.09. The second-order valence-electron chi connectivity index (χ2n) is 2.46. The van der Waals surface area contributed by atoms with Crippen LogP contribution in [0, 0.1) is 15.3 Å². The smallest absolute Gasteiger partial charge is 0.289 e. The Balaban J connectivity index is 0.000000487. The van der Waals surface area contributed by atoms with Crippen LogP contribution in [-0.4, -0.2) is 45.1 Å². The lowest BCUT2D eigenvalue weighted by atomic mass is 10.7. The Bertz CT molecular complexity index is 271. The SMILES string of the molecule is O=[N+]([O-])[O-].[NH3+]CCSC(=O)N1CCSC1=O. The fourth-order valence-corrected chi connectivity index (χ4v) is 2.28. The van der Waals surface area contributed by atoms with E-state index in [1.165, 1.54) is 28.4 Å². The van der Waals surface area contributed by atoms with Gasteiger partial charge >= 0.3 is 0 Å². The van der Waals surface area contributed by atoms with Gasteiger partial charge in [-0.25, -0.2) is 0 Å². The molecular formula is C6H11N3O5S2. The third kappa shape index (κ3) is 6.48. The molecule has 0 atom stereocenters. The third-order valence-electron chi connectivity index (χ3n) is 1.35. The number of carbonyl (C=O) groups is 2. The minimum Gasteiger partial charge on any atom is -0.357 e. The predicted octanol–water partition coefficient (Wildman–Crippen LogP) is 0.0112. The van der Waals surface area contributed by atoms with E-state index in [0.717, 1.165) is 5.75 Å². The van der Waals surface area contributed by atoms with E-state index >= 15 is 0 Å². The first kappa shape index (κ1) is 15.0. The molecule has 2 amide bonds. The zero-order chi connectivity index (χ0) is 12.6. The average Bonchev–Trinajstić information content (AvgIpc) is 2.60. The van der Waals surface area contributed by atoms with Gasteiger partial charge in [0.1, 0.15) is 0 Å². The van der Waals surface area contributed by atoms with Crippen molar-refractivity contribution in [1.29, 1.82) is 0 Å². The van der Waals surface area contributed by atoms with Crippen molar-refractivity contribution in [2.24, 2.45) is 0 Å². The Morgan fingerprint density at radius 3 is 2.56 bits per heavy atom. The average molecular weight is 269 g/mol. The highest BCUT2D eigenvalue weighted by Gasteiger charge is 2.27. The van der Waals surface area contributed by atoms with Crippen molar-refractivity contribution < 1.29 is 20.4 Å². The zero-order valence-corrected chi connectivity index (χ0v) is 9.92. The van der Waals surface area contributed by atoms with Gasteiger partial charge in [-0.15, -0.1) is 0 Å². The maximum absolute atomic E-state index is 11.2. The highest BCUT2D eigenvalue weighted by atomic mass is 32.2. The van der Waals surface area contributed by atoms with Crippen molar-refractivity contribution in [2.45, 2.75) is 0 Å². The number of thioether (sulfide) groups is 2. The molecule has 3 N–H and O–H groups in total. The van der Waals surface area contributed by atoms with Crippen LogP contribution >= 0.6 is 23.5 Å². The van der Waals surface area contributed by atoms with Crippen LogP contribution in [0.2, 0.25) is 0 Å². The molecule has 1 aliphatic rings. The molecule has 0 aliphatic carbocycles. The topological polar surface area (TPSA) is 131 Å². The van der Waals surface area contributed by atoms with Crippen LogP contribution < -0.4 is 5.73 Å².